The number of fused-ring (bicyclic) bond motifs is 1. The third kappa shape index (κ3) is 1.89. The Morgan fingerprint density at radius 2 is 2.26 bits per heavy atom. The van der Waals surface area contributed by atoms with Crippen LogP contribution >= 0.6 is 11.3 Å². The summed E-state index contributed by atoms with van der Waals surface area (Å²) in [7, 11) is 1.47. The number of hydrogen-bond donors (Lipinski definition) is 2. The van der Waals surface area contributed by atoms with Gasteiger partial charge in [-0.05, 0) is 11.4 Å². The average Bonchev–Trinajstić information content (AvgIpc) is 2.91. The lowest BCUT2D eigenvalue weighted by Gasteiger charge is -2.12. The molecule has 0 aliphatic carbocycles. The van der Waals surface area contributed by atoms with Crippen molar-refractivity contribution in [2.24, 2.45) is 0 Å². The SMILES string of the molecule is CN1C(=O)CC(Nc2nc(N)nc3sccc23)C1=O. The van der Waals surface area contributed by atoms with E-state index in [1.165, 1.54) is 18.4 Å². The zero-order valence-corrected chi connectivity index (χ0v) is 10.9. The first-order valence-electron chi connectivity index (χ1n) is 5.64. The number of amides is 2. The summed E-state index contributed by atoms with van der Waals surface area (Å²) in [6, 6.07) is 1.27. The van der Waals surface area contributed by atoms with E-state index >= 15 is 0 Å². The number of thiophene rings is 1. The summed E-state index contributed by atoms with van der Waals surface area (Å²) in [5.41, 5.74) is 5.63. The van der Waals surface area contributed by atoms with Gasteiger partial charge in [0, 0.05) is 7.05 Å². The Kier molecular flexibility index (Phi) is 2.59. The van der Waals surface area contributed by atoms with Crippen molar-refractivity contribution in [1.82, 2.24) is 14.9 Å². The molecular formula is C11H11N5O2S. The molecule has 1 atom stereocenters. The molecule has 3 rings (SSSR count). The number of anilines is 2. The average molecular weight is 277 g/mol. The van der Waals surface area contributed by atoms with Gasteiger partial charge in [-0.3, -0.25) is 14.5 Å². The Labute approximate surface area is 112 Å². The van der Waals surface area contributed by atoms with E-state index in [0.29, 0.717) is 5.82 Å². The van der Waals surface area contributed by atoms with Crippen molar-refractivity contribution in [1.29, 1.82) is 0 Å². The number of imide groups is 1. The summed E-state index contributed by atoms with van der Waals surface area (Å²) >= 11 is 1.44. The molecule has 1 aliphatic rings. The number of nitrogens with one attached hydrogen (secondary N) is 1. The number of nitrogens with two attached hydrogens (primary N) is 1. The predicted molar refractivity (Wildman–Crippen MR) is 71.6 cm³/mol. The molecule has 3 heterocycles. The van der Waals surface area contributed by atoms with Gasteiger partial charge in [-0.1, -0.05) is 0 Å². The molecule has 1 fully saturated rings. The third-order valence-electron chi connectivity index (χ3n) is 3.03. The summed E-state index contributed by atoms with van der Waals surface area (Å²) in [5.74, 6) is 0.171. The third-order valence-corrected chi connectivity index (χ3v) is 3.84. The molecule has 0 bridgehead atoms. The number of nitrogen functional groups attached to an aromatic ring is 1. The Bertz CT molecular complexity index is 683. The maximum Gasteiger partial charge on any atom is 0.251 e. The number of hydrogen-bond acceptors (Lipinski definition) is 7. The molecular weight excluding hydrogens is 266 g/mol. The molecule has 1 saturated heterocycles. The van der Waals surface area contributed by atoms with Crippen LogP contribution in [0.1, 0.15) is 6.42 Å². The normalized spacial score (nSPS) is 19.4. The van der Waals surface area contributed by atoms with E-state index in [9.17, 15) is 9.59 Å². The number of carbonyl (C=O) groups is 2. The van der Waals surface area contributed by atoms with Crippen molar-refractivity contribution in [3.8, 4) is 0 Å². The molecule has 98 valence electrons. The van der Waals surface area contributed by atoms with Crippen molar-refractivity contribution in [2.75, 3.05) is 18.1 Å². The fourth-order valence-corrected chi connectivity index (χ4v) is 2.79. The van der Waals surface area contributed by atoms with Crippen LogP contribution in [0.15, 0.2) is 11.4 Å². The van der Waals surface area contributed by atoms with Crippen LogP contribution < -0.4 is 11.1 Å². The molecule has 0 spiro atoms. The predicted octanol–water partition coefficient (Wildman–Crippen LogP) is 0.443. The van der Waals surface area contributed by atoms with Crippen molar-refractivity contribution < 1.29 is 9.59 Å². The number of aromatic nitrogens is 2. The molecule has 2 aromatic rings. The second-order valence-electron chi connectivity index (χ2n) is 4.26. The highest BCUT2D eigenvalue weighted by atomic mass is 32.1. The highest BCUT2D eigenvalue weighted by Gasteiger charge is 2.36. The van der Waals surface area contributed by atoms with Gasteiger partial charge in [0.1, 0.15) is 16.7 Å². The quantitative estimate of drug-likeness (QED) is 0.772. The summed E-state index contributed by atoms with van der Waals surface area (Å²) in [5, 5.41) is 5.66. The van der Waals surface area contributed by atoms with Gasteiger partial charge in [-0.2, -0.15) is 4.98 Å². The zero-order chi connectivity index (χ0) is 13.6. The summed E-state index contributed by atoms with van der Waals surface area (Å²) in [6.07, 6.45) is 0.130. The lowest BCUT2D eigenvalue weighted by Crippen LogP contribution is -2.32. The lowest BCUT2D eigenvalue weighted by molar-refractivity contribution is -0.136. The Morgan fingerprint density at radius 1 is 1.47 bits per heavy atom. The maximum atomic E-state index is 11.8. The molecule has 3 N–H and O–H groups in total. The molecule has 0 saturated carbocycles. The molecule has 0 radical (unpaired) electrons. The number of rotatable bonds is 2. The largest absolute Gasteiger partial charge is 0.368 e. The van der Waals surface area contributed by atoms with E-state index < -0.39 is 6.04 Å². The monoisotopic (exact) mass is 277 g/mol. The Balaban J connectivity index is 1.96. The van der Waals surface area contributed by atoms with E-state index in [1.807, 2.05) is 11.4 Å². The van der Waals surface area contributed by atoms with E-state index in [2.05, 4.69) is 15.3 Å². The van der Waals surface area contributed by atoms with Gasteiger partial charge in [0.15, 0.2) is 0 Å². The minimum atomic E-state index is -0.588. The topological polar surface area (TPSA) is 101 Å². The van der Waals surface area contributed by atoms with Gasteiger partial charge < -0.3 is 11.1 Å². The molecule has 2 amide bonds. The number of likely N-dealkylation sites (tertiary alicyclic amines) is 1. The molecule has 19 heavy (non-hydrogen) atoms. The van der Waals surface area contributed by atoms with Crippen molar-refractivity contribution >= 4 is 45.1 Å². The van der Waals surface area contributed by atoms with Gasteiger partial charge in [0.25, 0.3) is 5.91 Å². The van der Waals surface area contributed by atoms with Gasteiger partial charge in [-0.25, -0.2) is 4.98 Å². The van der Waals surface area contributed by atoms with Gasteiger partial charge in [0.2, 0.25) is 11.9 Å². The van der Waals surface area contributed by atoms with Gasteiger partial charge in [0.05, 0.1) is 11.8 Å². The van der Waals surface area contributed by atoms with Crippen LogP contribution in [0.5, 0.6) is 0 Å². The van der Waals surface area contributed by atoms with Crippen LogP contribution in [0.2, 0.25) is 0 Å². The first kappa shape index (κ1) is 11.8. The first-order valence-corrected chi connectivity index (χ1v) is 6.52. The highest BCUT2D eigenvalue weighted by Crippen LogP contribution is 2.27. The van der Waals surface area contributed by atoms with E-state index in [1.54, 1.807) is 0 Å². The van der Waals surface area contributed by atoms with E-state index in [4.69, 9.17) is 5.73 Å². The Hall–Kier alpha value is -2.22. The fourth-order valence-electron chi connectivity index (χ4n) is 2.02. The van der Waals surface area contributed by atoms with Gasteiger partial charge in [-0.15, -0.1) is 11.3 Å². The molecule has 2 aromatic heterocycles. The standard InChI is InChI=1S/C11H11N5O2S/c1-16-7(17)4-6(10(16)18)13-8-5-2-3-19-9(5)15-11(12)14-8/h2-3,6H,4H2,1H3,(H3,12,13,14,15). The minimum Gasteiger partial charge on any atom is -0.368 e. The van der Waals surface area contributed by atoms with Crippen LogP contribution in [-0.4, -0.2) is 39.8 Å². The Morgan fingerprint density at radius 3 is 2.95 bits per heavy atom. The molecule has 8 heteroatoms. The van der Waals surface area contributed by atoms with Crippen LogP contribution in [0, 0.1) is 0 Å². The van der Waals surface area contributed by atoms with Crippen LogP contribution in [0.3, 0.4) is 0 Å². The lowest BCUT2D eigenvalue weighted by atomic mass is 10.2. The van der Waals surface area contributed by atoms with Crippen LogP contribution in [0.25, 0.3) is 10.2 Å². The summed E-state index contributed by atoms with van der Waals surface area (Å²) in [6.45, 7) is 0. The second kappa shape index (κ2) is 4.16. The minimum absolute atomic E-state index is 0.130. The zero-order valence-electron chi connectivity index (χ0n) is 10.1. The fraction of sp³-hybridized carbons (Fsp3) is 0.273. The number of likely N-dealkylation sites (N-methyl/N-ethyl adjacent to an activating group) is 1. The van der Waals surface area contributed by atoms with Crippen molar-refractivity contribution in [3.63, 3.8) is 0 Å². The van der Waals surface area contributed by atoms with Crippen molar-refractivity contribution in [3.05, 3.63) is 11.4 Å². The second-order valence-corrected chi connectivity index (χ2v) is 5.16. The van der Waals surface area contributed by atoms with Crippen LogP contribution in [0.4, 0.5) is 11.8 Å². The smallest absolute Gasteiger partial charge is 0.251 e. The van der Waals surface area contributed by atoms with Crippen LogP contribution in [-0.2, 0) is 9.59 Å². The number of carbonyl (C=O) groups excluding carboxylic acids is 2. The molecule has 1 unspecified atom stereocenters. The molecule has 1 aliphatic heterocycles. The molecule has 0 aromatic carbocycles. The summed E-state index contributed by atoms with van der Waals surface area (Å²) in [4.78, 5) is 33.4. The van der Waals surface area contributed by atoms with E-state index in [-0.39, 0.29) is 24.2 Å². The highest BCUT2D eigenvalue weighted by molar-refractivity contribution is 7.16. The molecule has 7 nitrogen and oxygen atoms in total. The van der Waals surface area contributed by atoms with E-state index in [0.717, 1.165) is 15.1 Å². The number of nitrogens with zero attached hydrogens (tertiary/aromatic N) is 3. The summed E-state index contributed by atoms with van der Waals surface area (Å²) < 4.78 is 0. The maximum absolute atomic E-state index is 11.8. The van der Waals surface area contributed by atoms with Crippen molar-refractivity contribution in [2.45, 2.75) is 12.5 Å². The van der Waals surface area contributed by atoms with Gasteiger partial charge >= 0.3 is 0 Å². The first-order chi connectivity index (χ1) is 9.06.